The van der Waals surface area contributed by atoms with Gasteiger partial charge in [-0.25, -0.2) is 0 Å². The van der Waals surface area contributed by atoms with Gasteiger partial charge < -0.3 is 4.74 Å². The van der Waals surface area contributed by atoms with Crippen LogP contribution in [0.25, 0.3) is 0 Å². The third-order valence-corrected chi connectivity index (χ3v) is 4.49. The number of rotatable bonds is 3. The molecule has 0 aromatic heterocycles. The van der Waals surface area contributed by atoms with Gasteiger partial charge in [-0.1, -0.05) is 34.1 Å². The number of ether oxygens (including phenoxy) is 1. The first kappa shape index (κ1) is 14.0. The maximum absolute atomic E-state index is 5.76. The molecule has 1 aromatic carbocycles. The van der Waals surface area contributed by atoms with Crippen LogP contribution in [-0.4, -0.2) is 35.5 Å². The lowest BCUT2D eigenvalue weighted by atomic mass is 10.1. The van der Waals surface area contributed by atoms with Crippen molar-refractivity contribution in [3.05, 3.63) is 34.9 Å². The van der Waals surface area contributed by atoms with Gasteiger partial charge in [-0.2, -0.15) is 0 Å². The number of nitrogens with zero attached hydrogens (tertiary/aromatic N) is 1. The lowest BCUT2D eigenvalue weighted by Crippen LogP contribution is -2.48. The summed E-state index contributed by atoms with van der Waals surface area (Å²) < 4.78 is 5.76. The highest BCUT2D eigenvalue weighted by molar-refractivity contribution is 9.09. The fourth-order valence-corrected chi connectivity index (χ4v) is 2.72. The molecule has 1 saturated heterocycles. The van der Waals surface area contributed by atoms with Crippen LogP contribution in [0.5, 0.6) is 0 Å². The van der Waals surface area contributed by atoms with Gasteiger partial charge in [0.2, 0.25) is 0 Å². The zero-order chi connectivity index (χ0) is 13.1. The second-order valence-corrected chi connectivity index (χ2v) is 5.95. The summed E-state index contributed by atoms with van der Waals surface area (Å²) in [5.41, 5.74) is 4.15. The molecule has 2 unspecified atom stereocenters. The lowest BCUT2D eigenvalue weighted by Gasteiger charge is -2.37. The van der Waals surface area contributed by atoms with E-state index < -0.39 is 0 Å². The van der Waals surface area contributed by atoms with Crippen molar-refractivity contribution in [2.75, 3.05) is 18.5 Å². The molecule has 1 aliphatic rings. The minimum Gasteiger partial charge on any atom is -0.374 e. The first-order chi connectivity index (χ1) is 8.60. The number of hydrogen-bond donors (Lipinski definition) is 0. The van der Waals surface area contributed by atoms with E-state index in [1.54, 1.807) is 0 Å². The molecule has 2 atom stereocenters. The molecular formula is C15H22BrNO. The van der Waals surface area contributed by atoms with E-state index in [2.05, 4.69) is 59.8 Å². The molecule has 0 radical (unpaired) electrons. The molecule has 100 valence electrons. The molecule has 0 N–H and O–H groups in total. The third-order valence-electron chi connectivity index (χ3n) is 3.76. The van der Waals surface area contributed by atoms with Crippen LogP contribution in [0.15, 0.2) is 18.2 Å². The number of alkyl halides is 1. The zero-order valence-electron chi connectivity index (χ0n) is 11.4. The van der Waals surface area contributed by atoms with E-state index in [1.165, 1.54) is 16.7 Å². The van der Waals surface area contributed by atoms with Gasteiger partial charge in [-0.15, -0.1) is 0 Å². The molecule has 0 saturated carbocycles. The summed E-state index contributed by atoms with van der Waals surface area (Å²) in [6, 6.07) is 7.27. The largest absolute Gasteiger partial charge is 0.374 e. The molecule has 1 heterocycles. The number of aryl methyl sites for hydroxylation is 2. The summed E-state index contributed by atoms with van der Waals surface area (Å²) in [5, 5.41) is 0.920. The minimum atomic E-state index is 0.327. The number of hydrogen-bond acceptors (Lipinski definition) is 2. The maximum atomic E-state index is 5.76. The smallest absolute Gasteiger partial charge is 0.0799 e. The lowest BCUT2D eigenvalue weighted by molar-refractivity contribution is -0.0499. The van der Waals surface area contributed by atoms with Gasteiger partial charge in [0.1, 0.15) is 0 Å². The standard InChI is InChI=1S/C15H22BrNO/c1-11-4-5-14(6-12(11)2)8-17-9-15(7-16)18-10-13(17)3/h4-6,13,15H,7-10H2,1-3H3. The summed E-state index contributed by atoms with van der Waals surface area (Å²) in [7, 11) is 0. The van der Waals surface area contributed by atoms with Crippen LogP contribution >= 0.6 is 15.9 Å². The third kappa shape index (κ3) is 3.34. The molecule has 0 amide bonds. The van der Waals surface area contributed by atoms with E-state index in [0.29, 0.717) is 12.1 Å². The Hall–Kier alpha value is -0.380. The van der Waals surface area contributed by atoms with Crippen molar-refractivity contribution in [1.29, 1.82) is 0 Å². The summed E-state index contributed by atoms with van der Waals surface area (Å²) in [5.74, 6) is 0. The molecule has 0 spiro atoms. The zero-order valence-corrected chi connectivity index (χ0v) is 13.0. The second kappa shape index (κ2) is 6.18. The average molecular weight is 312 g/mol. The molecule has 0 aliphatic carbocycles. The second-order valence-electron chi connectivity index (χ2n) is 5.31. The molecule has 2 nitrogen and oxygen atoms in total. The Morgan fingerprint density at radius 1 is 1.33 bits per heavy atom. The van der Waals surface area contributed by atoms with Gasteiger partial charge in [0.05, 0.1) is 12.7 Å². The normalized spacial score (nSPS) is 25.3. The van der Waals surface area contributed by atoms with Gasteiger partial charge in [0.25, 0.3) is 0 Å². The molecule has 1 fully saturated rings. The van der Waals surface area contributed by atoms with Crippen LogP contribution in [0, 0.1) is 13.8 Å². The minimum absolute atomic E-state index is 0.327. The fourth-order valence-electron chi connectivity index (χ4n) is 2.33. The number of halogens is 1. The van der Waals surface area contributed by atoms with Crippen LogP contribution in [0.2, 0.25) is 0 Å². The molecule has 3 heteroatoms. The molecule has 18 heavy (non-hydrogen) atoms. The Labute approximate surface area is 118 Å². The van der Waals surface area contributed by atoms with Crippen molar-refractivity contribution in [1.82, 2.24) is 4.90 Å². The van der Waals surface area contributed by atoms with Crippen LogP contribution in [-0.2, 0) is 11.3 Å². The summed E-state index contributed by atoms with van der Waals surface area (Å²) >= 11 is 3.51. The maximum Gasteiger partial charge on any atom is 0.0799 e. The van der Waals surface area contributed by atoms with Crippen LogP contribution < -0.4 is 0 Å². The Morgan fingerprint density at radius 2 is 2.11 bits per heavy atom. The van der Waals surface area contributed by atoms with Gasteiger partial charge in [-0.3, -0.25) is 4.90 Å². The van der Waals surface area contributed by atoms with E-state index in [1.807, 2.05) is 0 Å². The van der Waals surface area contributed by atoms with E-state index in [4.69, 9.17) is 4.74 Å². The Bertz CT molecular complexity index is 407. The molecule has 1 aromatic rings. The molecular weight excluding hydrogens is 290 g/mol. The highest BCUT2D eigenvalue weighted by Crippen LogP contribution is 2.18. The topological polar surface area (TPSA) is 12.5 Å². The van der Waals surface area contributed by atoms with E-state index in [-0.39, 0.29) is 0 Å². The molecule has 2 rings (SSSR count). The predicted molar refractivity (Wildman–Crippen MR) is 79.3 cm³/mol. The Balaban J connectivity index is 2.04. The van der Waals surface area contributed by atoms with E-state index in [9.17, 15) is 0 Å². The van der Waals surface area contributed by atoms with Crippen LogP contribution in [0.3, 0.4) is 0 Å². The van der Waals surface area contributed by atoms with Crippen molar-refractivity contribution in [2.24, 2.45) is 0 Å². The van der Waals surface area contributed by atoms with Crippen LogP contribution in [0.4, 0.5) is 0 Å². The number of benzene rings is 1. The fraction of sp³-hybridized carbons (Fsp3) is 0.600. The van der Waals surface area contributed by atoms with Crippen molar-refractivity contribution in [3.8, 4) is 0 Å². The highest BCUT2D eigenvalue weighted by Gasteiger charge is 2.25. The Morgan fingerprint density at radius 3 is 2.78 bits per heavy atom. The Kier molecular flexibility index (Phi) is 4.82. The van der Waals surface area contributed by atoms with Gasteiger partial charge in [0.15, 0.2) is 0 Å². The molecule has 0 bridgehead atoms. The van der Waals surface area contributed by atoms with Gasteiger partial charge in [0, 0.05) is 24.5 Å². The average Bonchev–Trinajstić information content (AvgIpc) is 2.36. The van der Waals surface area contributed by atoms with Crippen LogP contribution in [0.1, 0.15) is 23.6 Å². The SMILES string of the molecule is Cc1ccc(CN2CC(CBr)OCC2C)cc1C. The van der Waals surface area contributed by atoms with Crippen molar-refractivity contribution < 1.29 is 4.74 Å². The first-order valence-corrected chi connectivity index (χ1v) is 7.70. The van der Waals surface area contributed by atoms with Crippen molar-refractivity contribution >= 4 is 15.9 Å². The molecule has 1 aliphatic heterocycles. The highest BCUT2D eigenvalue weighted by atomic mass is 79.9. The van der Waals surface area contributed by atoms with Gasteiger partial charge in [-0.05, 0) is 37.5 Å². The quantitative estimate of drug-likeness (QED) is 0.794. The first-order valence-electron chi connectivity index (χ1n) is 6.58. The van der Waals surface area contributed by atoms with Gasteiger partial charge >= 0.3 is 0 Å². The summed E-state index contributed by atoms with van der Waals surface area (Å²) in [4.78, 5) is 2.51. The summed E-state index contributed by atoms with van der Waals surface area (Å²) in [6.45, 7) is 9.46. The summed E-state index contributed by atoms with van der Waals surface area (Å²) in [6.07, 6.45) is 0.327. The van der Waals surface area contributed by atoms with Crippen molar-refractivity contribution in [2.45, 2.75) is 39.5 Å². The monoisotopic (exact) mass is 311 g/mol. The predicted octanol–water partition coefficient (Wildman–Crippen LogP) is 3.29. The van der Waals surface area contributed by atoms with E-state index in [0.717, 1.165) is 25.0 Å². The van der Waals surface area contributed by atoms with E-state index >= 15 is 0 Å². The number of morpholine rings is 1. The van der Waals surface area contributed by atoms with Crippen molar-refractivity contribution in [3.63, 3.8) is 0 Å².